The SMILES string of the molecule is Nc1nc(/C(=N/OC2CCCC2)C(=O)N[C@@H]2C(=O)N3C(C(=O)O)=C(/C=C4\CCN(CC5CC5)C4=O)CS[C@H]23)cs1.O=C(O)C(F)(F)F. The molecule has 4 fully saturated rings. The number of allylic oxidation sites excluding steroid dienone is 1. The zero-order chi connectivity index (χ0) is 34.0. The van der Waals surface area contributed by atoms with Crippen LogP contribution in [0, 0.1) is 5.92 Å². The predicted molar refractivity (Wildman–Crippen MR) is 162 cm³/mol. The highest BCUT2D eigenvalue weighted by Gasteiger charge is 2.54. The molecule has 47 heavy (non-hydrogen) atoms. The van der Waals surface area contributed by atoms with Gasteiger partial charge >= 0.3 is 18.1 Å². The second kappa shape index (κ2) is 13.9. The van der Waals surface area contributed by atoms with Crippen molar-refractivity contribution in [2.75, 3.05) is 24.6 Å². The lowest BCUT2D eigenvalue weighted by Crippen LogP contribution is -2.71. The quantitative estimate of drug-likeness (QED) is 0.127. The molecule has 0 bridgehead atoms. The van der Waals surface area contributed by atoms with E-state index in [0.29, 0.717) is 30.0 Å². The van der Waals surface area contributed by atoms with Gasteiger partial charge in [-0.15, -0.1) is 23.1 Å². The number of aromatic nitrogens is 1. The number of nitrogens with one attached hydrogen (secondary N) is 1. The summed E-state index contributed by atoms with van der Waals surface area (Å²) in [5.41, 5.74) is 6.77. The molecule has 2 aliphatic carbocycles. The summed E-state index contributed by atoms with van der Waals surface area (Å²) in [6, 6.07) is -0.948. The number of nitrogens with zero attached hydrogens (tertiary/aromatic N) is 4. The van der Waals surface area contributed by atoms with Gasteiger partial charge in [0.15, 0.2) is 10.8 Å². The lowest BCUT2D eigenvalue weighted by molar-refractivity contribution is -0.192. The molecule has 254 valence electrons. The molecule has 2 atom stereocenters. The van der Waals surface area contributed by atoms with Crippen LogP contribution in [0.2, 0.25) is 0 Å². The highest BCUT2D eigenvalue weighted by molar-refractivity contribution is 8.00. The number of fused-ring (bicyclic) bond motifs is 1. The molecule has 0 aromatic carbocycles. The van der Waals surface area contributed by atoms with Crippen molar-refractivity contribution in [3.05, 3.63) is 34.0 Å². The van der Waals surface area contributed by atoms with Crippen LogP contribution in [-0.2, 0) is 28.8 Å². The van der Waals surface area contributed by atoms with E-state index < -0.39 is 41.3 Å². The van der Waals surface area contributed by atoms with E-state index in [9.17, 15) is 37.5 Å². The van der Waals surface area contributed by atoms with E-state index in [0.717, 1.165) is 56.4 Å². The van der Waals surface area contributed by atoms with E-state index in [1.807, 2.05) is 4.90 Å². The Hall–Kier alpha value is -4.13. The summed E-state index contributed by atoms with van der Waals surface area (Å²) in [4.78, 5) is 73.3. The molecule has 1 aromatic rings. The Morgan fingerprint density at radius 2 is 1.85 bits per heavy atom. The number of β-lactam (4-membered cyclic amide) rings is 1. The zero-order valence-corrected chi connectivity index (χ0v) is 26.3. The van der Waals surface area contributed by atoms with Crippen LogP contribution in [0.5, 0.6) is 0 Å². The number of carboxylic acid groups (broad SMARTS) is 2. The molecule has 4 heterocycles. The van der Waals surface area contributed by atoms with E-state index >= 15 is 0 Å². The number of rotatable bonds is 9. The number of thioether (sulfide) groups is 1. The molecule has 0 radical (unpaired) electrons. The van der Waals surface area contributed by atoms with Crippen LogP contribution in [-0.4, -0.2) is 103 Å². The molecular formula is C28H31F3N6O8S2. The fourth-order valence-corrected chi connectivity index (χ4v) is 7.34. The number of nitrogens with two attached hydrogens (primary N) is 1. The number of halogens is 3. The molecule has 19 heteroatoms. The number of hydrogen-bond donors (Lipinski definition) is 4. The monoisotopic (exact) mass is 700 g/mol. The minimum Gasteiger partial charge on any atom is -0.477 e. The molecule has 3 aliphatic heterocycles. The second-order valence-electron chi connectivity index (χ2n) is 11.5. The van der Waals surface area contributed by atoms with Crippen molar-refractivity contribution in [3.8, 4) is 0 Å². The van der Waals surface area contributed by atoms with Gasteiger partial charge in [-0.05, 0) is 62.5 Å². The smallest absolute Gasteiger partial charge is 0.477 e. The molecule has 3 amide bonds. The van der Waals surface area contributed by atoms with Crippen LogP contribution >= 0.6 is 23.1 Å². The van der Waals surface area contributed by atoms with E-state index in [2.05, 4.69) is 15.5 Å². The average molecular weight is 701 g/mol. The van der Waals surface area contributed by atoms with Gasteiger partial charge in [-0.3, -0.25) is 19.3 Å². The highest BCUT2D eigenvalue weighted by Crippen LogP contribution is 2.41. The van der Waals surface area contributed by atoms with Crippen molar-refractivity contribution >= 4 is 63.6 Å². The lowest BCUT2D eigenvalue weighted by atomic mass is 10.0. The molecule has 2 saturated carbocycles. The van der Waals surface area contributed by atoms with Crippen molar-refractivity contribution in [1.29, 1.82) is 0 Å². The van der Waals surface area contributed by atoms with Crippen LogP contribution in [0.4, 0.5) is 18.3 Å². The predicted octanol–water partition coefficient (Wildman–Crippen LogP) is 2.33. The van der Waals surface area contributed by atoms with Crippen molar-refractivity contribution < 1.29 is 52.2 Å². The summed E-state index contributed by atoms with van der Waals surface area (Å²) in [6.07, 6.45) is 3.05. The largest absolute Gasteiger partial charge is 0.490 e. The Morgan fingerprint density at radius 1 is 1.17 bits per heavy atom. The van der Waals surface area contributed by atoms with Crippen LogP contribution in [0.3, 0.4) is 0 Å². The van der Waals surface area contributed by atoms with Crippen molar-refractivity contribution in [1.82, 2.24) is 20.1 Å². The minimum atomic E-state index is -5.08. The van der Waals surface area contributed by atoms with Gasteiger partial charge in [-0.25, -0.2) is 14.6 Å². The number of alkyl halides is 3. The molecule has 14 nitrogen and oxygen atoms in total. The van der Waals surface area contributed by atoms with Gasteiger partial charge < -0.3 is 31.0 Å². The molecular weight excluding hydrogens is 669 g/mol. The fraction of sp³-hybridized carbons (Fsp3) is 0.536. The third kappa shape index (κ3) is 7.89. The van der Waals surface area contributed by atoms with Crippen molar-refractivity contribution in [3.63, 3.8) is 0 Å². The summed E-state index contributed by atoms with van der Waals surface area (Å²) < 4.78 is 31.7. The van der Waals surface area contributed by atoms with Gasteiger partial charge in [0, 0.05) is 29.8 Å². The maximum absolute atomic E-state index is 13.3. The molecule has 2 saturated heterocycles. The maximum Gasteiger partial charge on any atom is 0.490 e. The molecule has 5 aliphatic rings. The number of likely N-dealkylation sites (tertiary alicyclic amines) is 1. The van der Waals surface area contributed by atoms with E-state index in [1.54, 1.807) is 11.5 Å². The van der Waals surface area contributed by atoms with Crippen LogP contribution in [0.15, 0.2) is 33.5 Å². The van der Waals surface area contributed by atoms with Crippen LogP contribution in [0.25, 0.3) is 0 Å². The topological polar surface area (TPSA) is 205 Å². The van der Waals surface area contributed by atoms with E-state index in [4.69, 9.17) is 20.5 Å². The number of carbonyl (C=O) groups is 5. The first-order valence-corrected chi connectivity index (χ1v) is 16.6. The Morgan fingerprint density at radius 3 is 2.43 bits per heavy atom. The zero-order valence-electron chi connectivity index (χ0n) is 24.7. The van der Waals surface area contributed by atoms with Crippen molar-refractivity contribution in [2.45, 2.75) is 68.6 Å². The second-order valence-corrected chi connectivity index (χ2v) is 13.5. The number of thiazole rings is 1. The summed E-state index contributed by atoms with van der Waals surface area (Å²) in [7, 11) is 0. The summed E-state index contributed by atoms with van der Waals surface area (Å²) in [5, 5.41) is 25.2. The Labute approximate surface area is 273 Å². The number of carboxylic acids is 2. The first-order valence-electron chi connectivity index (χ1n) is 14.7. The van der Waals surface area contributed by atoms with Crippen molar-refractivity contribution in [2.24, 2.45) is 11.1 Å². The highest BCUT2D eigenvalue weighted by atomic mass is 32.2. The maximum atomic E-state index is 13.3. The van der Waals surface area contributed by atoms with Crippen LogP contribution in [0.1, 0.15) is 50.6 Å². The molecule has 5 N–H and O–H groups in total. The third-order valence-corrected chi connectivity index (χ3v) is 10.0. The number of nitrogen functional groups attached to an aromatic ring is 1. The number of carbonyl (C=O) groups excluding carboxylic acids is 3. The summed E-state index contributed by atoms with van der Waals surface area (Å²) in [6.45, 7) is 1.37. The summed E-state index contributed by atoms with van der Waals surface area (Å²) in [5.74, 6) is -4.40. The molecule has 0 unspecified atom stereocenters. The van der Waals surface area contributed by atoms with Gasteiger partial charge in [0.05, 0.1) is 0 Å². The van der Waals surface area contributed by atoms with Gasteiger partial charge in [0.25, 0.3) is 11.8 Å². The number of amides is 3. The first-order chi connectivity index (χ1) is 22.2. The van der Waals surface area contributed by atoms with Gasteiger partial charge in [0.1, 0.15) is 28.9 Å². The van der Waals surface area contributed by atoms with Crippen LogP contribution < -0.4 is 11.1 Å². The Balaban J connectivity index is 0.000000559. The molecule has 6 rings (SSSR count). The number of aliphatic carboxylic acids is 2. The summed E-state index contributed by atoms with van der Waals surface area (Å²) >= 11 is 2.50. The normalized spacial score (nSPS) is 24.1. The Bertz CT molecular complexity index is 1550. The van der Waals surface area contributed by atoms with E-state index in [1.165, 1.54) is 16.7 Å². The number of hydrogen-bond acceptors (Lipinski definition) is 11. The number of oxime groups is 1. The lowest BCUT2D eigenvalue weighted by Gasteiger charge is -2.49. The van der Waals surface area contributed by atoms with Gasteiger partial charge in [0.2, 0.25) is 5.91 Å². The number of anilines is 1. The van der Waals surface area contributed by atoms with E-state index in [-0.39, 0.29) is 40.0 Å². The third-order valence-electron chi connectivity index (χ3n) is 8.04. The standard InChI is InChI=1S/C26H30N6O6S2.C2HF3O2/c27-26-28-17(12-40-26)18(30-38-16-3-1-2-4-16)21(33)29-19-23(35)32-20(25(36)37)15(11-39-24(19)32)9-14-7-8-31(22(14)34)10-13-5-6-13;3-2(4,5)1(6)7/h9,12-13,16,19,24H,1-8,10-11H2,(H2,27,28)(H,29,33)(H,36,37);(H,6,7)/b14-9+,30-18-;/t19-,24-;/m1./s1. The Kier molecular flexibility index (Phi) is 10.1. The van der Waals surface area contributed by atoms with Gasteiger partial charge in [-0.2, -0.15) is 13.2 Å². The molecule has 0 spiro atoms. The average Bonchev–Trinajstić information content (AvgIpc) is 3.32. The minimum absolute atomic E-state index is 0.0642. The molecule has 1 aromatic heterocycles. The first kappa shape index (κ1) is 34.2. The fourth-order valence-electron chi connectivity index (χ4n) is 5.48. The van der Waals surface area contributed by atoms with Gasteiger partial charge in [-0.1, -0.05) is 5.16 Å².